The van der Waals surface area contributed by atoms with Crippen molar-refractivity contribution in [3.63, 3.8) is 0 Å². The second kappa shape index (κ2) is 6.13. The Labute approximate surface area is 98.6 Å². The third-order valence-corrected chi connectivity index (χ3v) is 2.92. The minimum absolute atomic E-state index is 0.105. The molecule has 0 aliphatic carbocycles. The first kappa shape index (κ1) is 12.5. The van der Waals surface area contributed by atoms with Crippen molar-refractivity contribution in [1.82, 2.24) is 4.98 Å². The van der Waals surface area contributed by atoms with Crippen LogP contribution in [0.2, 0.25) is 0 Å². The normalized spacial score (nSPS) is 11.6. The van der Waals surface area contributed by atoms with E-state index in [0.717, 1.165) is 5.03 Å². The van der Waals surface area contributed by atoms with Gasteiger partial charge in [-0.25, -0.2) is 4.98 Å². The van der Waals surface area contributed by atoms with Crippen LogP contribution in [0.15, 0.2) is 23.4 Å². The van der Waals surface area contributed by atoms with Crippen LogP contribution in [0, 0.1) is 11.3 Å². The van der Waals surface area contributed by atoms with Crippen LogP contribution in [-0.2, 0) is 9.53 Å². The average Bonchev–Trinajstić information content (AvgIpc) is 2.29. The summed E-state index contributed by atoms with van der Waals surface area (Å²) in [6.45, 7) is 1.93. The highest BCUT2D eigenvalue weighted by molar-refractivity contribution is 7.99. The number of methoxy groups -OCH3 is 1. The summed E-state index contributed by atoms with van der Waals surface area (Å²) in [7, 11) is 1.37. The van der Waals surface area contributed by atoms with E-state index >= 15 is 0 Å². The molecule has 1 atom stereocenters. The highest BCUT2D eigenvalue weighted by Gasteiger charge is 2.11. The van der Waals surface area contributed by atoms with E-state index in [1.54, 1.807) is 12.1 Å². The van der Waals surface area contributed by atoms with Gasteiger partial charge in [0.15, 0.2) is 0 Å². The molecule has 0 fully saturated rings. The van der Waals surface area contributed by atoms with Crippen LogP contribution in [0.1, 0.15) is 18.9 Å². The van der Waals surface area contributed by atoms with Gasteiger partial charge < -0.3 is 4.74 Å². The van der Waals surface area contributed by atoms with E-state index in [1.165, 1.54) is 25.1 Å². The van der Waals surface area contributed by atoms with Gasteiger partial charge in [0.25, 0.3) is 0 Å². The Morgan fingerprint density at radius 3 is 2.94 bits per heavy atom. The smallest absolute Gasteiger partial charge is 0.306 e. The number of ether oxygens (including phenoxy) is 1. The van der Waals surface area contributed by atoms with E-state index in [1.807, 2.05) is 13.0 Å². The first-order valence-electron chi connectivity index (χ1n) is 4.75. The van der Waals surface area contributed by atoms with Gasteiger partial charge in [0.2, 0.25) is 0 Å². The van der Waals surface area contributed by atoms with Crippen molar-refractivity contribution in [2.24, 2.45) is 0 Å². The molecule has 5 heteroatoms. The zero-order valence-corrected chi connectivity index (χ0v) is 9.95. The van der Waals surface area contributed by atoms with Crippen LogP contribution in [0.3, 0.4) is 0 Å². The monoisotopic (exact) mass is 236 g/mol. The molecule has 0 saturated heterocycles. The van der Waals surface area contributed by atoms with Gasteiger partial charge in [-0.2, -0.15) is 5.26 Å². The molecule has 0 saturated carbocycles. The predicted molar refractivity (Wildman–Crippen MR) is 60.9 cm³/mol. The van der Waals surface area contributed by atoms with Crippen LogP contribution in [0.25, 0.3) is 0 Å². The Bertz CT molecular complexity index is 397. The van der Waals surface area contributed by atoms with Crippen molar-refractivity contribution < 1.29 is 9.53 Å². The van der Waals surface area contributed by atoms with Gasteiger partial charge >= 0.3 is 5.97 Å². The van der Waals surface area contributed by atoms with Gasteiger partial charge in [-0.15, -0.1) is 11.8 Å². The summed E-state index contributed by atoms with van der Waals surface area (Å²) in [5, 5.41) is 9.51. The fourth-order valence-electron chi connectivity index (χ4n) is 1.08. The summed E-state index contributed by atoms with van der Waals surface area (Å²) in [6.07, 6.45) is 1.87. The number of aromatic nitrogens is 1. The second-order valence-corrected chi connectivity index (χ2v) is 4.66. The fraction of sp³-hybridized carbons (Fsp3) is 0.364. The highest BCUT2D eigenvalue weighted by Crippen LogP contribution is 2.23. The molecule has 0 aromatic carbocycles. The summed E-state index contributed by atoms with van der Waals surface area (Å²) in [5.41, 5.74) is 0.532. The number of esters is 1. The summed E-state index contributed by atoms with van der Waals surface area (Å²) < 4.78 is 4.58. The van der Waals surface area contributed by atoms with Gasteiger partial charge in [-0.1, -0.05) is 6.92 Å². The number of pyridine rings is 1. The SMILES string of the molecule is COC(=O)CC(C)Sc1ccc(C#N)cn1. The van der Waals surface area contributed by atoms with Crippen molar-refractivity contribution in [2.45, 2.75) is 23.6 Å². The maximum Gasteiger partial charge on any atom is 0.306 e. The number of rotatable bonds is 4. The molecular formula is C11H12N2O2S. The van der Waals surface area contributed by atoms with Crippen molar-refractivity contribution in [1.29, 1.82) is 5.26 Å². The third kappa shape index (κ3) is 3.91. The largest absolute Gasteiger partial charge is 0.469 e. The Morgan fingerprint density at radius 1 is 1.69 bits per heavy atom. The van der Waals surface area contributed by atoms with E-state index in [-0.39, 0.29) is 11.2 Å². The Hall–Kier alpha value is -1.54. The lowest BCUT2D eigenvalue weighted by Crippen LogP contribution is -2.08. The van der Waals surface area contributed by atoms with Crippen molar-refractivity contribution in [2.75, 3.05) is 7.11 Å². The maximum atomic E-state index is 11.0. The molecule has 0 radical (unpaired) electrons. The lowest BCUT2D eigenvalue weighted by Gasteiger charge is -2.08. The van der Waals surface area contributed by atoms with Gasteiger partial charge in [-0.05, 0) is 12.1 Å². The molecule has 1 rings (SSSR count). The topological polar surface area (TPSA) is 63.0 Å². The molecule has 16 heavy (non-hydrogen) atoms. The van der Waals surface area contributed by atoms with E-state index in [2.05, 4.69) is 9.72 Å². The van der Waals surface area contributed by atoms with Gasteiger partial charge in [0.1, 0.15) is 6.07 Å². The fourth-order valence-corrected chi connectivity index (χ4v) is 1.97. The number of hydrogen-bond donors (Lipinski definition) is 0. The molecule has 1 aromatic rings. The third-order valence-electron chi connectivity index (χ3n) is 1.87. The molecule has 0 spiro atoms. The van der Waals surface area contributed by atoms with Gasteiger partial charge in [-0.3, -0.25) is 4.79 Å². The molecule has 0 N–H and O–H groups in total. The maximum absolute atomic E-state index is 11.0. The quantitative estimate of drug-likeness (QED) is 0.591. The molecule has 0 amide bonds. The minimum atomic E-state index is -0.228. The molecule has 1 heterocycles. The van der Waals surface area contributed by atoms with E-state index in [9.17, 15) is 4.79 Å². The molecule has 0 aliphatic heterocycles. The molecule has 0 aliphatic rings. The summed E-state index contributed by atoms with van der Waals surface area (Å²) in [5.74, 6) is -0.228. The van der Waals surface area contributed by atoms with Crippen LogP contribution >= 0.6 is 11.8 Å². The van der Waals surface area contributed by atoms with E-state index < -0.39 is 0 Å². The lowest BCUT2D eigenvalue weighted by atomic mass is 10.3. The standard InChI is InChI=1S/C11H12N2O2S/c1-8(5-11(14)15-2)16-10-4-3-9(6-12)7-13-10/h3-4,7-8H,5H2,1-2H3. The summed E-state index contributed by atoms with van der Waals surface area (Å²) in [4.78, 5) is 15.1. The number of thioether (sulfide) groups is 1. The second-order valence-electron chi connectivity index (χ2n) is 3.21. The summed E-state index contributed by atoms with van der Waals surface area (Å²) in [6, 6.07) is 5.49. The first-order valence-corrected chi connectivity index (χ1v) is 5.63. The Kier molecular flexibility index (Phi) is 4.80. The highest BCUT2D eigenvalue weighted by atomic mass is 32.2. The number of nitrogens with zero attached hydrogens (tertiary/aromatic N) is 2. The van der Waals surface area contributed by atoms with Crippen molar-refractivity contribution in [3.8, 4) is 6.07 Å². The molecule has 84 valence electrons. The van der Waals surface area contributed by atoms with E-state index in [4.69, 9.17) is 5.26 Å². The number of nitriles is 1. The lowest BCUT2D eigenvalue weighted by molar-refractivity contribution is -0.140. The minimum Gasteiger partial charge on any atom is -0.469 e. The number of hydrogen-bond acceptors (Lipinski definition) is 5. The van der Waals surface area contributed by atoms with Crippen LogP contribution in [-0.4, -0.2) is 23.3 Å². The van der Waals surface area contributed by atoms with E-state index in [0.29, 0.717) is 12.0 Å². The number of carbonyl (C=O) groups is 1. The Balaban J connectivity index is 2.53. The molecule has 4 nitrogen and oxygen atoms in total. The zero-order valence-electron chi connectivity index (χ0n) is 9.14. The average molecular weight is 236 g/mol. The van der Waals surface area contributed by atoms with Crippen LogP contribution in [0.5, 0.6) is 0 Å². The molecule has 1 unspecified atom stereocenters. The predicted octanol–water partition coefficient (Wildman–Crippen LogP) is 2.00. The van der Waals surface area contributed by atoms with Gasteiger partial charge in [0.05, 0.1) is 24.1 Å². The molecule has 0 bridgehead atoms. The van der Waals surface area contributed by atoms with Crippen molar-refractivity contribution in [3.05, 3.63) is 23.9 Å². The molecular weight excluding hydrogens is 224 g/mol. The van der Waals surface area contributed by atoms with Crippen LogP contribution < -0.4 is 0 Å². The van der Waals surface area contributed by atoms with Crippen LogP contribution in [0.4, 0.5) is 0 Å². The van der Waals surface area contributed by atoms with Crippen molar-refractivity contribution >= 4 is 17.7 Å². The first-order chi connectivity index (χ1) is 7.65. The number of carbonyl (C=O) groups excluding carboxylic acids is 1. The molecule has 1 aromatic heterocycles. The summed E-state index contributed by atoms with van der Waals surface area (Å²) >= 11 is 1.49. The van der Waals surface area contributed by atoms with Gasteiger partial charge in [0, 0.05) is 11.4 Å². The zero-order chi connectivity index (χ0) is 12.0. The Morgan fingerprint density at radius 2 is 2.44 bits per heavy atom.